The lowest BCUT2D eigenvalue weighted by atomic mass is 9.89. The second kappa shape index (κ2) is 9.33. The summed E-state index contributed by atoms with van der Waals surface area (Å²) in [4.78, 5) is 48.1. The molecule has 0 bridgehead atoms. The lowest BCUT2D eigenvalue weighted by Crippen LogP contribution is -2.40. The highest BCUT2D eigenvalue weighted by molar-refractivity contribution is 6.23. The van der Waals surface area contributed by atoms with Gasteiger partial charge in [0.1, 0.15) is 17.6 Å². The topological polar surface area (TPSA) is 97.0 Å². The molecule has 1 saturated heterocycles. The molecule has 3 aliphatic rings. The molecule has 8 nitrogen and oxygen atoms in total. The molecule has 0 saturated carbocycles. The van der Waals surface area contributed by atoms with Gasteiger partial charge in [0.25, 0.3) is 5.91 Å². The number of nitrogens with zero attached hydrogens (tertiary/aromatic N) is 5. The van der Waals surface area contributed by atoms with Crippen LogP contribution in [0, 0.1) is 17.8 Å². The van der Waals surface area contributed by atoms with E-state index in [1.807, 2.05) is 6.92 Å². The zero-order chi connectivity index (χ0) is 23.7. The van der Waals surface area contributed by atoms with E-state index in [0.29, 0.717) is 61.5 Å². The van der Waals surface area contributed by atoms with Gasteiger partial charge in [-0.25, -0.2) is 9.38 Å². The summed E-state index contributed by atoms with van der Waals surface area (Å²) in [6.45, 7) is 4.75. The van der Waals surface area contributed by atoms with Crippen molar-refractivity contribution in [3.05, 3.63) is 41.5 Å². The van der Waals surface area contributed by atoms with E-state index in [0.717, 1.165) is 0 Å². The minimum absolute atomic E-state index is 0.0294. The summed E-state index contributed by atoms with van der Waals surface area (Å²) in [5.74, 6) is -1.27. The number of fused-ring (bicyclic) bond motifs is 1. The number of amides is 2. The predicted octanol–water partition coefficient (Wildman–Crippen LogP) is 3.07. The van der Waals surface area contributed by atoms with Crippen molar-refractivity contribution in [1.82, 2.24) is 14.7 Å². The van der Waals surface area contributed by atoms with Gasteiger partial charge in [0.15, 0.2) is 5.78 Å². The van der Waals surface area contributed by atoms with Gasteiger partial charge in [0, 0.05) is 45.1 Å². The number of ketones is 1. The van der Waals surface area contributed by atoms with E-state index in [1.165, 1.54) is 12.2 Å². The molecule has 174 valence electrons. The first-order valence-corrected chi connectivity index (χ1v) is 11.3. The number of amidine groups is 1. The van der Waals surface area contributed by atoms with Crippen LogP contribution < -0.4 is 0 Å². The molecular formula is C24H28FN5O3. The number of hydrogen-bond donors (Lipinski definition) is 0. The van der Waals surface area contributed by atoms with E-state index < -0.39 is 17.7 Å². The summed E-state index contributed by atoms with van der Waals surface area (Å²) in [7, 11) is 1.78. The summed E-state index contributed by atoms with van der Waals surface area (Å²) >= 11 is 0. The number of aromatic nitrogens is 2. The van der Waals surface area contributed by atoms with Crippen molar-refractivity contribution in [2.24, 2.45) is 34.8 Å². The highest BCUT2D eigenvalue weighted by Crippen LogP contribution is 2.27. The molecule has 2 aliphatic heterocycles. The molecule has 0 radical (unpaired) electrons. The molecule has 1 fully saturated rings. The SMILES string of the molecule is CC1=CC(F)=CC2C(=O)N=C(C[C@H](C)CC(=O)N3CCC(C(=O)c4cnn(C)c4)CC3)N=C12. The van der Waals surface area contributed by atoms with Gasteiger partial charge < -0.3 is 4.90 Å². The minimum atomic E-state index is -0.758. The van der Waals surface area contributed by atoms with E-state index in [9.17, 15) is 18.8 Å². The lowest BCUT2D eigenvalue weighted by molar-refractivity contribution is -0.133. The molecule has 0 spiro atoms. The van der Waals surface area contributed by atoms with Crippen LogP contribution in [0.3, 0.4) is 0 Å². The number of likely N-dealkylation sites (tertiary alicyclic amines) is 1. The third-order valence-electron chi connectivity index (χ3n) is 6.40. The molecule has 0 N–H and O–H groups in total. The van der Waals surface area contributed by atoms with Gasteiger partial charge in [-0.15, -0.1) is 0 Å². The molecule has 1 aromatic rings. The van der Waals surface area contributed by atoms with Crippen LogP contribution in [-0.2, 0) is 16.6 Å². The van der Waals surface area contributed by atoms with Gasteiger partial charge in [-0.1, -0.05) is 6.92 Å². The van der Waals surface area contributed by atoms with E-state index >= 15 is 0 Å². The van der Waals surface area contributed by atoms with E-state index in [-0.39, 0.29) is 23.5 Å². The Morgan fingerprint density at radius 1 is 1.24 bits per heavy atom. The standard InChI is InChI=1S/C24H28FN5O3/c1-14(8-20-27-22-15(2)10-18(25)11-19(22)24(33)28-20)9-21(31)30-6-4-16(5-7-30)23(32)17-12-26-29(3)13-17/h10-14,16,19H,4-9H2,1-3H3/t14-,19?/m0/s1. The number of piperidine rings is 1. The molecule has 0 aromatic carbocycles. The zero-order valence-electron chi connectivity index (χ0n) is 19.1. The second-order valence-electron chi connectivity index (χ2n) is 9.16. The monoisotopic (exact) mass is 453 g/mol. The quantitative estimate of drug-likeness (QED) is 0.619. The average molecular weight is 454 g/mol. The number of hydrogen-bond acceptors (Lipinski definition) is 5. The van der Waals surface area contributed by atoms with Crippen LogP contribution in [0.25, 0.3) is 0 Å². The van der Waals surface area contributed by atoms with Crippen molar-refractivity contribution in [2.45, 2.75) is 39.5 Å². The Morgan fingerprint density at radius 3 is 2.64 bits per heavy atom. The number of aliphatic imine (C=N–C) groups is 2. The summed E-state index contributed by atoms with van der Waals surface area (Å²) < 4.78 is 15.2. The maximum atomic E-state index is 13.6. The first kappa shape index (κ1) is 22.9. The Labute approximate surface area is 192 Å². The van der Waals surface area contributed by atoms with Crippen LogP contribution in [0.1, 0.15) is 49.9 Å². The number of carbonyl (C=O) groups excluding carboxylic acids is 3. The average Bonchev–Trinajstić information content (AvgIpc) is 3.20. The highest BCUT2D eigenvalue weighted by Gasteiger charge is 2.32. The Hall–Kier alpha value is -3.23. The normalized spacial score (nSPS) is 22.1. The number of allylic oxidation sites excluding steroid dienone is 3. The lowest BCUT2D eigenvalue weighted by Gasteiger charge is -2.32. The Bertz CT molecular complexity index is 1110. The number of rotatable bonds is 6. The largest absolute Gasteiger partial charge is 0.343 e. The fraction of sp³-hybridized carbons (Fsp3) is 0.500. The summed E-state index contributed by atoms with van der Waals surface area (Å²) in [5, 5.41) is 4.06. The van der Waals surface area contributed by atoms with Gasteiger partial charge >= 0.3 is 0 Å². The van der Waals surface area contributed by atoms with Crippen LogP contribution in [0.2, 0.25) is 0 Å². The highest BCUT2D eigenvalue weighted by atomic mass is 19.1. The van der Waals surface area contributed by atoms with E-state index in [1.54, 1.807) is 35.9 Å². The number of Topliss-reactive ketones (excluding diaryl/α,β-unsaturated/α-hetero) is 1. The minimum Gasteiger partial charge on any atom is -0.343 e. The first-order chi connectivity index (χ1) is 15.7. The molecule has 3 heterocycles. The Balaban J connectivity index is 1.29. The Morgan fingerprint density at radius 2 is 1.97 bits per heavy atom. The van der Waals surface area contributed by atoms with Crippen molar-refractivity contribution in [3.63, 3.8) is 0 Å². The van der Waals surface area contributed by atoms with Crippen LogP contribution in [0.5, 0.6) is 0 Å². The van der Waals surface area contributed by atoms with Crippen molar-refractivity contribution in [3.8, 4) is 0 Å². The zero-order valence-corrected chi connectivity index (χ0v) is 19.1. The maximum absolute atomic E-state index is 13.6. The van der Waals surface area contributed by atoms with E-state index in [4.69, 9.17) is 0 Å². The van der Waals surface area contributed by atoms with Crippen molar-refractivity contribution < 1.29 is 18.8 Å². The van der Waals surface area contributed by atoms with Crippen LogP contribution in [0.15, 0.2) is 45.9 Å². The molecule has 1 aromatic heterocycles. The smallest absolute Gasteiger partial charge is 0.260 e. The van der Waals surface area contributed by atoms with Crippen molar-refractivity contribution in [2.75, 3.05) is 13.1 Å². The van der Waals surface area contributed by atoms with Crippen molar-refractivity contribution in [1.29, 1.82) is 0 Å². The third-order valence-corrected chi connectivity index (χ3v) is 6.40. The predicted molar refractivity (Wildman–Crippen MR) is 122 cm³/mol. The number of aryl methyl sites for hydroxylation is 1. The first-order valence-electron chi connectivity index (χ1n) is 11.3. The third kappa shape index (κ3) is 5.07. The van der Waals surface area contributed by atoms with Crippen LogP contribution in [0.4, 0.5) is 4.39 Å². The molecule has 4 rings (SSSR count). The number of halogens is 1. The fourth-order valence-electron chi connectivity index (χ4n) is 4.60. The van der Waals surface area contributed by atoms with E-state index in [2.05, 4.69) is 15.1 Å². The maximum Gasteiger partial charge on any atom is 0.260 e. The van der Waals surface area contributed by atoms with Crippen molar-refractivity contribution >= 4 is 29.1 Å². The Kier molecular flexibility index (Phi) is 6.49. The molecular weight excluding hydrogens is 425 g/mol. The molecule has 2 atom stereocenters. The van der Waals surface area contributed by atoms with Gasteiger partial charge in [-0.3, -0.25) is 19.1 Å². The molecule has 9 heteroatoms. The van der Waals surface area contributed by atoms with Gasteiger partial charge in [0.05, 0.1) is 17.5 Å². The summed E-state index contributed by atoms with van der Waals surface area (Å²) in [6.07, 6.45) is 7.90. The van der Waals surface area contributed by atoms with Crippen LogP contribution >= 0.6 is 0 Å². The summed E-state index contributed by atoms with van der Waals surface area (Å²) in [5.41, 5.74) is 1.77. The second-order valence-corrected chi connectivity index (χ2v) is 9.16. The molecule has 2 amide bonds. The fourth-order valence-corrected chi connectivity index (χ4v) is 4.60. The van der Waals surface area contributed by atoms with Gasteiger partial charge in [-0.05, 0) is 43.4 Å². The van der Waals surface area contributed by atoms with Gasteiger partial charge in [0.2, 0.25) is 5.91 Å². The van der Waals surface area contributed by atoms with Gasteiger partial charge in [-0.2, -0.15) is 10.1 Å². The molecule has 33 heavy (non-hydrogen) atoms. The molecule has 1 unspecified atom stereocenters. The molecule has 1 aliphatic carbocycles. The van der Waals surface area contributed by atoms with Crippen LogP contribution in [-0.4, -0.2) is 56.9 Å². The number of carbonyl (C=O) groups is 3. The summed E-state index contributed by atoms with van der Waals surface area (Å²) in [6, 6.07) is 0.